The first-order valence-corrected chi connectivity index (χ1v) is 14.0. The van der Waals surface area contributed by atoms with Gasteiger partial charge in [-0.15, -0.1) is 0 Å². The molecule has 3 aliphatic rings. The zero-order chi connectivity index (χ0) is 27.5. The zero-order valence-electron chi connectivity index (χ0n) is 22.9. The van der Waals surface area contributed by atoms with Crippen molar-refractivity contribution in [3.8, 4) is 11.8 Å². The van der Waals surface area contributed by atoms with Gasteiger partial charge >= 0.3 is 6.01 Å². The number of benzene rings is 2. The number of hydrogen-bond donors (Lipinski definition) is 1. The summed E-state index contributed by atoms with van der Waals surface area (Å²) in [5, 5.41) is 12.6. The first kappa shape index (κ1) is 26.3. The Balaban J connectivity index is 1.30. The summed E-state index contributed by atoms with van der Waals surface area (Å²) in [6.45, 7) is 7.31. The fraction of sp³-hybridized carbons (Fsp3) is 0.433. The molecule has 2 fully saturated rings. The van der Waals surface area contributed by atoms with Gasteiger partial charge in [-0.2, -0.15) is 9.97 Å². The number of anilines is 2. The predicted octanol–water partition coefficient (Wildman–Crippen LogP) is 2.44. The lowest BCUT2D eigenvalue weighted by molar-refractivity contribution is -0.104. The van der Waals surface area contributed by atoms with Crippen molar-refractivity contribution in [1.29, 1.82) is 0 Å². The van der Waals surface area contributed by atoms with Crippen molar-refractivity contribution in [2.24, 2.45) is 0 Å². The molecular formula is C30H36N6O4. The van der Waals surface area contributed by atoms with Gasteiger partial charge in [0.25, 0.3) is 0 Å². The number of aromatic nitrogens is 2. The Labute approximate surface area is 234 Å². The Kier molecular flexibility index (Phi) is 7.70. The highest BCUT2D eigenvalue weighted by Crippen LogP contribution is 2.36. The lowest BCUT2D eigenvalue weighted by Gasteiger charge is -2.38. The summed E-state index contributed by atoms with van der Waals surface area (Å²) in [6.07, 6.45) is 5.00. The van der Waals surface area contributed by atoms with Gasteiger partial charge in [-0.3, -0.25) is 9.69 Å². The van der Waals surface area contributed by atoms with Gasteiger partial charge in [0, 0.05) is 68.2 Å². The topological polar surface area (TPSA) is 94.5 Å². The van der Waals surface area contributed by atoms with Crippen LogP contribution in [-0.2, 0) is 22.5 Å². The van der Waals surface area contributed by atoms with Crippen LogP contribution >= 0.6 is 0 Å². The molecule has 210 valence electrons. The van der Waals surface area contributed by atoms with E-state index < -0.39 is 0 Å². The van der Waals surface area contributed by atoms with Crippen molar-refractivity contribution in [2.75, 3.05) is 75.9 Å². The van der Waals surface area contributed by atoms with Gasteiger partial charge in [0.05, 0.1) is 31.5 Å². The van der Waals surface area contributed by atoms with Crippen LogP contribution in [0.25, 0.3) is 10.8 Å². The monoisotopic (exact) mass is 544 g/mol. The molecule has 0 spiro atoms. The molecule has 10 heteroatoms. The molecule has 40 heavy (non-hydrogen) atoms. The van der Waals surface area contributed by atoms with E-state index >= 15 is 0 Å². The van der Waals surface area contributed by atoms with Crippen molar-refractivity contribution in [3.63, 3.8) is 0 Å². The molecule has 0 saturated carbocycles. The summed E-state index contributed by atoms with van der Waals surface area (Å²) < 4.78 is 11.9. The minimum Gasteiger partial charge on any atom is -0.508 e. The number of phenolic OH excluding ortho intramolecular Hbond substituents is 1. The fourth-order valence-corrected chi connectivity index (χ4v) is 5.78. The van der Waals surface area contributed by atoms with E-state index in [0.29, 0.717) is 25.8 Å². The first-order valence-electron chi connectivity index (χ1n) is 14.0. The van der Waals surface area contributed by atoms with Crippen LogP contribution in [0, 0.1) is 0 Å². The molecule has 0 aliphatic carbocycles. The van der Waals surface area contributed by atoms with E-state index in [2.05, 4.69) is 32.7 Å². The Morgan fingerprint density at radius 3 is 2.75 bits per heavy atom. The fourth-order valence-electron chi connectivity index (χ4n) is 5.78. The third-order valence-corrected chi connectivity index (χ3v) is 8.10. The number of aldehydes is 1. The average molecular weight is 545 g/mol. The molecule has 1 atom stereocenters. The minimum atomic E-state index is 0.153. The second-order valence-electron chi connectivity index (χ2n) is 10.6. The molecule has 4 heterocycles. The van der Waals surface area contributed by atoms with Crippen molar-refractivity contribution in [2.45, 2.75) is 19.0 Å². The van der Waals surface area contributed by atoms with Gasteiger partial charge in [0.1, 0.15) is 24.5 Å². The van der Waals surface area contributed by atoms with Crippen LogP contribution < -0.4 is 14.5 Å². The van der Waals surface area contributed by atoms with Crippen LogP contribution in [-0.4, -0.2) is 103 Å². The molecular weight excluding hydrogens is 508 g/mol. The molecule has 0 amide bonds. The maximum atomic E-state index is 10.8. The molecule has 0 radical (unpaired) electrons. The van der Waals surface area contributed by atoms with Crippen LogP contribution in [0.2, 0.25) is 0 Å². The van der Waals surface area contributed by atoms with Crippen molar-refractivity contribution in [1.82, 2.24) is 19.8 Å². The smallest absolute Gasteiger partial charge is 0.318 e. The van der Waals surface area contributed by atoms with Gasteiger partial charge < -0.3 is 29.3 Å². The molecule has 0 bridgehead atoms. The number of piperazine rings is 1. The summed E-state index contributed by atoms with van der Waals surface area (Å²) >= 11 is 0. The Morgan fingerprint density at radius 1 is 1.07 bits per heavy atom. The summed E-state index contributed by atoms with van der Waals surface area (Å²) in [4.78, 5) is 29.7. The van der Waals surface area contributed by atoms with Gasteiger partial charge in [-0.1, -0.05) is 24.3 Å². The molecule has 10 nitrogen and oxygen atoms in total. The molecule has 1 aromatic heterocycles. The number of hydrogen-bond acceptors (Lipinski definition) is 10. The highest BCUT2D eigenvalue weighted by Gasteiger charge is 2.29. The second kappa shape index (κ2) is 11.7. The third kappa shape index (κ3) is 5.55. The first-order chi connectivity index (χ1) is 19.6. The van der Waals surface area contributed by atoms with Gasteiger partial charge in [0.2, 0.25) is 0 Å². The number of carbonyl (C=O) groups is 1. The van der Waals surface area contributed by atoms with Gasteiger partial charge in [0.15, 0.2) is 0 Å². The molecule has 0 unspecified atom stereocenters. The van der Waals surface area contributed by atoms with E-state index in [9.17, 15) is 9.90 Å². The van der Waals surface area contributed by atoms with E-state index in [4.69, 9.17) is 19.4 Å². The van der Waals surface area contributed by atoms with Crippen LogP contribution in [0.15, 0.2) is 48.7 Å². The van der Waals surface area contributed by atoms with E-state index in [1.54, 1.807) is 12.1 Å². The van der Waals surface area contributed by atoms with Crippen molar-refractivity contribution >= 4 is 28.6 Å². The molecule has 3 aromatic rings. The maximum absolute atomic E-state index is 10.8. The van der Waals surface area contributed by atoms with E-state index in [0.717, 1.165) is 92.1 Å². The molecule has 3 aliphatic heterocycles. The third-order valence-electron chi connectivity index (χ3n) is 8.10. The highest BCUT2D eigenvalue weighted by atomic mass is 16.5. The Morgan fingerprint density at radius 2 is 1.93 bits per heavy atom. The number of aromatic hydroxyl groups is 1. The molecule has 2 aromatic carbocycles. The largest absolute Gasteiger partial charge is 0.508 e. The van der Waals surface area contributed by atoms with Gasteiger partial charge in [-0.25, -0.2) is 0 Å². The van der Waals surface area contributed by atoms with E-state index in [1.807, 2.05) is 30.5 Å². The quantitative estimate of drug-likeness (QED) is 0.353. The standard InChI is InChI=1S/C30H36N6O4/c1-33-14-16-39-20-23(33)21-40-30-31-27-19-36(28-18-24(38)17-22-5-2-3-6-25(22)28)9-7-26(27)29(32-30)35-12-10-34(11-13-35)8-4-15-37/h2-6,8,15,17-18,23,38H,7,9-14,16,19-21H2,1H3/t23-/m1/s1. The number of fused-ring (bicyclic) bond motifs is 2. The van der Waals surface area contributed by atoms with Crippen LogP contribution in [0.5, 0.6) is 11.8 Å². The molecule has 2 saturated heterocycles. The number of rotatable bonds is 7. The average Bonchev–Trinajstić information content (AvgIpc) is 2.98. The molecule has 6 rings (SSSR count). The lowest BCUT2D eigenvalue weighted by Crippen LogP contribution is -2.46. The summed E-state index contributed by atoms with van der Waals surface area (Å²) in [6, 6.07) is 12.3. The van der Waals surface area contributed by atoms with Crippen LogP contribution in [0.3, 0.4) is 0 Å². The number of morpholine rings is 1. The Hall–Kier alpha value is -3.89. The lowest BCUT2D eigenvalue weighted by atomic mass is 10.0. The highest BCUT2D eigenvalue weighted by molar-refractivity contribution is 5.95. The van der Waals surface area contributed by atoms with Crippen LogP contribution in [0.1, 0.15) is 11.3 Å². The summed E-state index contributed by atoms with van der Waals surface area (Å²) in [7, 11) is 2.09. The molecule has 1 N–H and O–H groups in total. The second-order valence-corrected chi connectivity index (χ2v) is 10.6. The number of allylic oxidation sites excluding steroid dienone is 1. The Bertz CT molecular complexity index is 1390. The van der Waals surface area contributed by atoms with Crippen molar-refractivity contribution < 1.29 is 19.4 Å². The number of nitrogens with zero attached hydrogens (tertiary/aromatic N) is 6. The number of phenols is 1. The predicted molar refractivity (Wildman–Crippen MR) is 154 cm³/mol. The van der Waals surface area contributed by atoms with Crippen LogP contribution in [0.4, 0.5) is 11.5 Å². The van der Waals surface area contributed by atoms with E-state index in [1.165, 1.54) is 0 Å². The van der Waals surface area contributed by atoms with E-state index in [-0.39, 0.29) is 11.8 Å². The minimum absolute atomic E-state index is 0.153. The van der Waals surface area contributed by atoms with Gasteiger partial charge in [-0.05, 0) is 31.0 Å². The van der Waals surface area contributed by atoms with Crippen molar-refractivity contribution in [3.05, 3.63) is 59.9 Å². The number of ether oxygens (including phenoxy) is 2. The normalized spacial score (nSPS) is 20.2. The maximum Gasteiger partial charge on any atom is 0.318 e. The zero-order valence-corrected chi connectivity index (χ0v) is 22.9. The number of likely N-dealkylation sites (N-methyl/N-ethyl adjacent to an activating group) is 1. The SMILES string of the molecule is CN1CCOC[C@@H]1COc1nc2c(c(N3CCN(C=CC=O)CC3)n1)CCN(c1cc(O)cc3ccccc13)C2. The summed E-state index contributed by atoms with van der Waals surface area (Å²) in [5.41, 5.74) is 3.11. The summed E-state index contributed by atoms with van der Waals surface area (Å²) in [5.74, 6) is 1.19. The number of carbonyl (C=O) groups excluding carboxylic acids is 1.